The Balaban J connectivity index is 2.29. The summed E-state index contributed by atoms with van der Waals surface area (Å²) in [6, 6.07) is 15.0. The first-order chi connectivity index (χ1) is 9.61. The molecular formula is C16H16Br3N. The molecule has 0 heterocycles. The van der Waals surface area contributed by atoms with E-state index in [9.17, 15) is 0 Å². The second-order valence-electron chi connectivity index (χ2n) is 4.57. The highest BCUT2D eigenvalue weighted by molar-refractivity contribution is 9.11. The van der Waals surface area contributed by atoms with Gasteiger partial charge in [0.1, 0.15) is 0 Å². The van der Waals surface area contributed by atoms with Crippen LogP contribution in [0.4, 0.5) is 0 Å². The predicted octanol–water partition coefficient (Wildman–Crippen LogP) is 5.87. The van der Waals surface area contributed by atoms with Gasteiger partial charge in [-0.05, 0) is 42.3 Å². The van der Waals surface area contributed by atoms with Crippen molar-refractivity contribution in [2.75, 3.05) is 6.54 Å². The monoisotopic (exact) mass is 459 g/mol. The fourth-order valence-corrected chi connectivity index (χ4v) is 3.98. The Morgan fingerprint density at radius 3 is 2.40 bits per heavy atom. The number of nitrogens with one attached hydrogen (secondary N) is 1. The minimum Gasteiger partial charge on any atom is -0.310 e. The standard InChI is InChI=1S/C16H16Br3N/c1-2-20-16(9-11-5-3-4-6-14(11)18)13-8-7-12(17)10-15(13)19/h3-8,10,16,20H,2,9H2,1H3. The first kappa shape index (κ1) is 16.2. The molecule has 0 aliphatic carbocycles. The van der Waals surface area contributed by atoms with Crippen molar-refractivity contribution in [3.05, 3.63) is 67.0 Å². The number of likely N-dealkylation sites (N-methyl/N-ethyl adjacent to an activating group) is 1. The van der Waals surface area contributed by atoms with E-state index in [1.807, 2.05) is 6.07 Å². The third-order valence-corrected chi connectivity index (χ3v) is 5.12. The van der Waals surface area contributed by atoms with Crippen LogP contribution in [0, 0.1) is 0 Å². The van der Waals surface area contributed by atoms with E-state index in [-0.39, 0.29) is 0 Å². The SMILES string of the molecule is CCNC(Cc1ccccc1Br)c1ccc(Br)cc1Br. The lowest BCUT2D eigenvalue weighted by Gasteiger charge is -2.20. The molecule has 0 saturated heterocycles. The lowest BCUT2D eigenvalue weighted by atomic mass is 9.99. The van der Waals surface area contributed by atoms with Gasteiger partial charge in [0, 0.05) is 19.5 Å². The zero-order chi connectivity index (χ0) is 14.5. The lowest BCUT2D eigenvalue weighted by Crippen LogP contribution is -2.23. The van der Waals surface area contributed by atoms with Crippen LogP contribution >= 0.6 is 47.8 Å². The zero-order valence-electron chi connectivity index (χ0n) is 11.2. The van der Waals surface area contributed by atoms with Crippen molar-refractivity contribution in [2.24, 2.45) is 0 Å². The van der Waals surface area contributed by atoms with Crippen molar-refractivity contribution in [3.63, 3.8) is 0 Å². The molecule has 0 aliphatic rings. The molecular weight excluding hydrogens is 446 g/mol. The normalized spacial score (nSPS) is 12.4. The Morgan fingerprint density at radius 1 is 1.00 bits per heavy atom. The maximum absolute atomic E-state index is 3.67. The van der Waals surface area contributed by atoms with E-state index in [4.69, 9.17) is 0 Å². The summed E-state index contributed by atoms with van der Waals surface area (Å²) in [5, 5.41) is 3.57. The quantitative estimate of drug-likeness (QED) is 0.587. The van der Waals surface area contributed by atoms with Gasteiger partial charge in [-0.2, -0.15) is 0 Å². The molecule has 2 aromatic rings. The fourth-order valence-electron chi connectivity index (χ4n) is 2.21. The molecule has 0 saturated carbocycles. The topological polar surface area (TPSA) is 12.0 Å². The number of benzene rings is 2. The Bertz CT molecular complexity index is 584. The van der Waals surface area contributed by atoms with E-state index in [1.54, 1.807) is 0 Å². The Kier molecular flexibility index (Phi) is 6.27. The minimum absolute atomic E-state index is 0.293. The van der Waals surface area contributed by atoms with Gasteiger partial charge in [0.2, 0.25) is 0 Å². The maximum Gasteiger partial charge on any atom is 0.0372 e. The first-order valence-electron chi connectivity index (χ1n) is 6.53. The molecule has 1 atom stereocenters. The third-order valence-electron chi connectivity index (χ3n) is 3.17. The molecule has 0 aromatic heterocycles. The molecule has 4 heteroatoms. The van der Waals surface area contributed by atoms with Crippen molar-refractivity contribution >= 4 is 47.8 Å². The number of halogens is 3. The second-order valence-corrected chi connectivity index (χ2v) is 7.20. The van der Waals surface area contributed by atoms with E-state index < -0.39 is 0 Å². The Morgan fingerprint density at radius 2 is 1.75 bits per heavy atom. The van der Waals surface area contributed by atoms with E-state index >= 15 is 0 Å². The molecule has 0 spiro atoms. The van der Waals surface area contributed by atoms with Crippen LogP contribution in [0.2, 0.25) is 0 Å². The molecule has 106 valence electrons. The number of hydrogen-bond donors (Lipinski definition) is 1. The number of hydrogen-bond acceptors (Lipinski definition) is 1. The van der Waals surface area contributed by atoms with Crippen LogP contribution in [-0.2, 0) is 6.42 Å². The van der Waals surface area contributed by atoms with Crippen LogP contribution in [0.1, 0.15) is 24.1 Å². The summed E-state index contributed by atoms with van der Waals surface area (Å²) >= 11 is 10.8. The van der Waals surface area contributed by atoms with E-state index in [0.29, 0.717) is 6.04 Å². The molecule has 20 heavy (non-hydrogen) atoms. The van der Waals surface area contributed by atoms with Gasteiger partial charge < -0.3 is 5.32 Å². The van der Waals surface area contributed by atoms with Gasteiger partial charge in [0.15, 0.2) is 0 Å². The van der Waals surface area contributed by atoms with Crippen molar-refractivity contribution in [2.45, 2.75) is 19.4 Å². The van der Waals surface area contributed by atoms with Crippen LogP contribution in [0.15, 0.2) is 55.9 Å². The highest BCUT2D eigenvalue weighted by Crippen LogP contribution is 2.30. The maximum atomic E-state index is 3.67. The van der Waals surface area contributed by atoms with Gasteiger partial charge >= 0.3 is 0 Å². The van der Waals surface area contributed by atoms with Gasteiger partial charge in [-0.25, -0.2) is 0 Å². The molecule has 1 N–H and O–H groups in total. The molecule has 0 aliphatic heterocycles. The summed E-state index contributed by atoms with van der Waals surface area (Å²) in [6.45, 7) is 3.08. The predicted molar refractivity (Wildman–Crippen MR) is 96.1 cm³/mol. The average molecular weight is 462 g/mol. The van der Waals surface area contributed by atoms with Crippen molar-refractivity contribution in [1.29, 1.82) is 0 Å². The Hall–Kier alpha value is -0.160. The fraction of sp³-hybridized carbons (Fsp3) is 0.250. The van der Waals surface area contributed by atoms with Crippen LogP contribution in [0.5, 0.6) is 0 Å². The van der Waals surface area contributed by atoms with Crippen LogP contribution < -0.4 is 5.32 Å². The molecule has 0 amide bonds. The van der Waals surface area contributed by atoms with Crippen molar-refractivity contribution in [1.82, 2.24) is 5.32 Å². The highest BCUT2D eigenvalue weighted by atomic mass is 79.9. The molecule has 0 bridgehead atoms. The summed E-state index contributed by atoms with van der Waals surface area (Å²) in [4.78, 5) is 0. The molecule has 1 nitrogen and oxygen atoms in total. The summed E-state index contributed by atoms with van der Waals surface area (Å²) in [6.07, 6.45) is 0.954. The molecule has 2 rings (SSSR count). The van der Waals surface area contributed by atoms with Gasteiger partial charge in [-0.1, -0.05) is 79.0 Å². The zero-order valence-corrected chi connectivity index (χ0v) is 15.9. The molecule has 0 radical (unpaired) electrons. The van der Waals surface area contributed by atoms with Crippen LogP contribution in [-0.4, -0.2) is 6.54 Å². The number of rotatable bonds is 5. The summed E-state index contributed by atoms with van der Waals surface area (Å²) in [5.41, 5.74) is 2.60. The van der Waals surface area contributed by atoms with Crippen LogP contribution in [0.25, 0.3) is 0 Å². The van der Waals surface area contributed by atoms with Crippen molar-refractivity contribution < 1.29 is 0 Å². The summed E-state index contributed by atoms with van der Waals surface area (Å²) < 4.78 is 3.38. The second kappa shape index (κ2) is 7.74. The summed E-state index contributed by atoms with van der Waals surface area (Å²) in [7, 11) is 0. The van der Waals surface area contributed by atoms with E-state index in [2.05, 4.69) is 96.4 Å². The summed E-state index contributed by atoms with van der Waals surface area (Å²) in [5.74, 6) is 0. The molecule has 2 aromatic carbocycles. The first-order valence-corrected chi connectivity index (χ1v) is 8.91. The van der Waals surface area contributed by atoms with E-state index in [1.165, 1.54) is 11.1 Å². The van der Waals surface area contributed by atoms with Crippen LogP contribution in [0.3, 0.4) is 0 Å². The van der Waals surface area contributed by atoms with E-state index in [0.717, 1.165) is 26.4 Å². The minimum atomic E-state index is 0.293. The highest BCUT2D eigenvalue weighted by Gasteiger charge is 2.15. The molecule has 0 fully saturated rings. The molecule has 1 unspecified atom stereocenters. The Labute approximate surface area is 145 Å². The van der Waals surface area contributed by atoms with Gasteiger partial charge in [-0.3, -0.25) is 0 Å². The largest absolute Gasteiger partial charge is 0.310 e. The van der Waals surface area contributed by atoms with Gasteiger partial charge in [0.05, 0.1) is 0 Å². The average Bonchev–Trinajstić information content (AvgIpc) is 2.41. The lowest BCUT2D eigenvalue weighted by molar-refractivity contribution is 0.547. The van der Waals surface area contributed by atoms with Gasteiger partial charge in [-0.15, -0.1) is 0 Å². The van der Waals surface area contributed by atoms with Gasteiger partial charge in [0.25, 0.3) is 0 Å². The van der Waals surface area contributed by atoms with Crippen molar-refractivity contribution in [3.8, 4) is 0 Å². The third kappa shape index (κ3) is 4.17. The smallest absolute Gasteiger partial charge is 0.0372 e.